The lowest BCUT2D eigenvalue weighted by Gasteiger charge is -2.43. The maximum atomic E-state index is 13.0. The Hall–Kier alpha value is -1.61. The van der Waals surface area contributed by atoms with Gasteiger partial charge >= 0.3 is 0 Å². The number of aromatic nitrogens is 1. The van der Waals surface area contributed by atoms with Crippen LogP contribution in [0.3, 0.4) is 0 Å². The van der Waals surface area contributed by atoms with E-state index >= 15 is 0 Å². The van der Waals surface area contributed by atoms with Crippen LogP contribution in [0.4, 0.5) is 0 Å². The van der Waals surface area contributed by atoms with E-state index in [2.05, 4.69) is 33.7 Å². The Bertz CT molecular complexity index is 835. The fourth-order valence-corrected chi connectivity index (χ4v) is 5.92. The van der Waals surface area contributed by atoms with Crippen molar-refractivity contribution in [3.8, 4) is 0 Å². The number of carbonyl (C=O) groups is 1. The Balaban J connectivity index is 1.72. The van der Waals surface area contributed by atoms with Crippen LogP contribution in [-0.2, 0) is 6.42 Å². The van der Waals surface area contributed by atoms with Gasteiger partial charge in [0, 0.05) is 29.5 Å². The van der Waals surface area contributed by atoms with Crippen LogP contribution in [0.2, 0.25) is 0 Å². The molecule has 3 nitrogen and oxygen atoms in total. The van der Waals surface area contributed by atoms with Gasteiger partial charge in [0.2, 0.25) is 5.91 Å². The minimum absolute atomic E-state index is 0.285. The van der Waals surface area contributed by atoms with E-state index in [0.717, 1.165) is 24.3 Å². The SMILES string of the molecule is O=C1C[C@@]23C[C@@H]2CCCN2CCc4c(n1c1ccccc41)[C@@H]23. The molecule has 3 aliphatic heterocycles. The summed E-state index contributed by atoms with van der Waals surface area (Å²) in [6.07, 6.45) is 5.79. The molecule has 1 aromatic heterocycles. The van der Waals surface area contributed by atoms with Gasteiger partial charge in [-0.15, -0.1) is 0 Å². The first-order valence-corrected chi connectivity index (χ1v) is 8.69. The molecule has 1 spiro atoms. The van der Waals surface area contributed by atoms with E-state index in [1.807, 2.05) is 0 Å². The van der Waals surface area contributed by atoms with E-state index in [0.29, 0.717) is 11.9 Å². The van der Waals surface area contributed by atoms with Crippen LogP contribution < -0.4 is 0 Å². The Morgan fingerprint density at radius 3 is 3.05 bits per heavy atom. The first-order chi connectivity index (χ1) is 10.8. The summed E-state index contributed by atoms with van der Waals surface area (Å²) in [4.78, 5) is 15.7. The summed E-state index contributed by atoms with van der Waals surface area (Å²) in [6.45, 7) is 2.40. The van der Waals surface area contributed by atoms with E-state index < -0.39 is 0 Å². The standard InChI is InChI=1S/C19H20N2O/c22-16-11-19-10-12(19)4-3-8-20-9-7-14-13-5-1-2-6-15(13)21(16)17(14)18(19)20/h1-2,5-6,12,18H,3-4,7-11H2/t12-,18+,19-/m0/s1. The molecule has 2 aromatic rings. The lowest BCUT2D eigenvalue weighted by molar-refractivity contribution is 0.0622. The Kier molecular flexibility index (Phi) is 1.97. The van der Waals surface area contributed by atoms with Crippen molar-refractivity contribution in [1.29, 1.82) is 0 Å². The van der Waals surface area contributed by atoms with Crippen LogP contribution in [-0.4, -0.2) is 28.5 Å². The van der Waals surface area contributed by atoms with Crippen molar-refractivity contribution in [2.45, 2.75) is 38.1 Å². The van der Waals surface area contributed by atoms with Crippen molar-refractivity contribution in [3.05, 3.63) is 35.5 Å². The van der Waals surface area contributed by atoms with Crippen LogP contribution in [0.5, 0.6) is 0 Å². The van der Waals surface area contributed by atoms with E-state index in [1.165, 1.54) is 49.0 Å². The van der Waals surface area contributed by atoms with Gasteiger partial charge < -0.3 is 0 Å². The van der Waals surface area contributed by atoms with Gasteiger partial charge in [0.1, 0.15) is 0 Å². The van der Waals surface area contributed by atoms with Gasteiger partial charge in [-0.25, -0.2) is 0 Å². The Morgan fingerprint density at radius 2 is 2.09 bits per heavy atom. The van der Waals surface area contributed by atoms with Crippen LogP contribution in [0, 0.1) is 11.3 Å². The zero-order chi connectivity index (χ0) is 14.5. The molecule has 4 heterocycles. The van der Waals surface area contributed by atoms with Gasteiger partial charge in [0.15, 0.2) is 0 Å². The van der Waals surface area contributed by atoms with Gasteiger partial charge in [0.05, 0.1) is 11.6 Å². The highest BCUT2D eigenvalue weighted by Crippen LogP contribution is 2.70. The predicted octanol–water partition coefficient (Wildman–Crippen LogP) is 3.38. The third-order valence-electron chi connectivity index (χ3n) is 6.84. The number of rotatable bonds is 0. The van der Waals surface area contributed by atoms with E-state index in [-0.39, 0.29) is 5.41 Å². The number of hydrogen-bond donors (Lipinski definition) is 0. The molecule has 2 fully saturated rings. The molecule has 112 valence electrons. The normalized spacial score (nSPS) is 35.9. The number of carbonyl (C=O) groups excluding carboxylic acids is 1. The molecule has 0 bridgehead atoms. The zero-order valence-electron chi connectivity index (χ0n) is 12.7. The van der Waals surface area contributed by atoms with Crippen LogP contribution in [0.15, 0.2) is 24.3 Å². The number of fused-ring (bicyclic) bond motifs is 3. The summed E-state index contributed by atoms with van der Waals surface area (Å²) in [5.74, 6) is 1.14. The third-order valence-corrected chi connectivity index (χ3v) is 6.84. The van der Waals surface area contributed by atoms with Crippen molar-refractivity contribution in [1.82, 2.24) is 9.47 Å². The van der Waals surface area contributed by atoms with Crippen molar-refractivity contribution in [2.24, 2.45) is 11.3 Å². The second-order valence-electron chi connectivity index (χ2n) is 7.75. The number of hydrogen-bond acceptors (Lipinski definition) is 2. The molecule has 1 aromatic carbocycles. The average Bonchev–Trinajstić information content (AvgIpc) is 3.11. The molecule has 3 atom stereocenters. The topological polar surface area (TPSA) is 25.2 Å². The molecule has 22 heavy (non-hydrogen) atoms. The second kappa shape index (κ2) is 3.65. The van der Waals surface area contributed by atoms with Crippen LogP contribution >= 0.6 is 0 Å². The molecule has 0 N–H and O–H groups in total. The highest BCUT2D eigenvalue weighted by molar-refractivity contribution is 5.98. The second-order valence-corrected chi connectivity index (χ2v) is 7.75. The highest BCUT2D eigenvalue weighted by atomic mass is 16.2. The molecule has 1 saturated heterocycles. The van der Waals surface area contributed by atoms with Crippen LogP contribution in [0.1, 0.15) is 47.8 Å². The maximum Gasteiger partial charge on any atom is 0.232 e. The third kappa shape index (κ3) is 1.19. The van der Waals surface area contributed by atoms with Gasteiger partial charge in [-0.05, 0) is 49.8 Å². The summed E-state index contributed by atoms with van der Waals surface area (Å²) < 4.78 is 2.09. The molecular weight excluding hydrogens is 272 g/mol. The van der Waals surface area contributed by atoms with Crippen molar-refractivity contribution in [2.75, 3.05) is 13.1 Å². The predicted molar refractivity (Wildman–Crippen MR) is 85.0 cm³/mol. The Morgan fingerprint density at radius 1 is 1.18 bits per heavy atom. The fourth-order valence-electron chi connectivity index (χ4n) is 5.92. The molecule has 0 radical (unpaired) electrons. The minimum Gasteiger partial charge on any atom is -0.294 e. The van der Waals surface area contributed by atoms with Gasteiger partial charge in [0.25, 0.3) is 0 Å². The summed E-state index contributed by atoms with van der Waals surface area (Å²) >= 11 is 0. The molecular formula is C19H20N2O. The number of para-hydroxylation sites is 1. The summed E-state index contributed by atoms with van der Waals surface area (Å²) in [5, 5.41) is 1.32. The lowest BCUT2D eigenvalue weighted by atomic mass is 9.80. The average molecular weight is 292 g/mol. The van der Waals surface area contributed by atoms with E-state index in [4.69, 9.17) is 0 Å². The van der Waals surface area contributed by atoms with Crippen molar-refractivity contribution >= 4 is 16.8 Å². The first kappa shape index (κ1) is 11.9. The molecule has 3 heteroatoms. The van der Waals surface area contributed by atoms with Gasteiger partial charge in [-0.2, -0.15) is 0 Å². The highest BCUT2D eigenvalue weighted by Gasteiger charge is 2.65. The maximum absolute atomic E-state index is 13.0. The molecule has 4 aliphatic rings. The Labute approximate surface area is 129 Å². The summed E-state index contributed by atoms with van der Waals surface area (Å²) in [6, 6.07) is 9.04. The van der Waals surface area contributed by atoms with Crippen molar-refractivity contribution < 1.29 is 4.79 Å². The summed E-state index contributed by atoms with van der Waals surface area (Å²) in [7, 11) is 0. The molecule has 1 saturated carbocycles. The van der Waals surface area contributed by atoms with E-state index in [9.17, 15) is 4.79 Å². The molecule has 0 amide bonds. The number of nitrogens with zero attached hydrogens (tertiary/aromatic N) is 2. The monoisotopic (exact) mass is 292 g/mol. The van der Waals surface area contributed by atoms with Crippen LogP contribution in [0.25, 0.3) is 10.9 Å². The van der Waals surface area contributed by atoms with Gasteiger partial charge in [-0.1, -0.05) is 18.2 Å². The number of benzene rings is 1. The quantitative estimate of drug-likeness (QED) is 0.743. The molecule has 6 rings (SSSR count). The van der Waals surface area contributed by atoms with E-state index in [1.54, 1.807) is 0 Å². The molecule has 0 unspecified atom stereocenters. The zero-order valence-corrected chi connectivity index (χ0v) is 12.7. The lowest BCUT2D eigenvalue weighted by Crippen LogP contribution is -2.45. The first-order valence-electron chi connectivity index (χ1n) is 8.69. The largest absolute Gasteiger partial charge is 0.294 e. The van der Waals surface area contributed by atoms with Crippen molar-refractivity contribution in [3.63, 3.8) is 0 Å². The smallest absolute Gasteiger partial charge is 0.232 e. The fraction of sp³-hybridized carbons (Fsp3) is 0.526. The minimum atomic E-state index is 0.285. The molecule has 1 aliphatic carbocycles. The summed E-state index contributed by atoms with van der Waals surface area (Å²) in [5.41, 5.74) is 4.27. The van der Waals surface area contributed by atoms with Gasteiger partial charge in [-0.3, -0.25) is 14.3 Å².